The Bertz CT molecular complexity index is 608. The molecule has 2 amide bonds. The summed E-state index contributed by atoms with van der Waals surface area (Å²) in [6, 6.07) is 5.40. The van der Waals surface area contributed by atoms with Crippen LogP contribution in [0, 0.1) is 0 Å². The number of rotatable bonds is 4. The predicted molar refractivity (Wildman–Crippen MR) is 91.2 cm³/mol. The highest BCUT2D eigenvalue weighted by Crippen LogP contribution is 2.34. The predicted octanol–water partition coefficient (Wildman–Crippen LogP) is 3.70. The van der Waals surface area contributed by atoms with Crippen LogP contribution in [0.2, 0.25) is 0 Å². The minimum atomic E-state index is -0.534. The number of fused-ring (bicyclic) bond motifs is 1. The standard InChI is InChI=1S/C18H26N2O4/c1-5-10-19-16(21)23-13-8-6-12-7-9-15(14(12)11-13)20-17(22)24-18(2,3)4/h6,8,11,15H,5,7,9-10H2,1-4H3,(H,19,21)(H,20,22)/t15-/m0/s1. The first kappa shape index (κ1) is 18.1. The summed E-state index contributed by atoms with van der Waals surface area (Å²) in [5.41, 5.74) is 1.59. The number of amides is 2. The van der Waals surface area contributed by atoms with E-state index in [1.165, 1.54) is 0 Å². The Morgan fingerprint density at radius 2 is 2.00 bits per heavy atom. The van der Waals surface area contributed by atoms with Crippen LogP contribution < -0.4 is 15.4 Å². The largest absolute Gasteiger partial charge is 0.444 e. The van der Waals surface area contributed by atoms with Crippen molar-refractivity contribution in [2.45, 2.75) is 58.6 Å². The molecule has 0 saturated heterocycles. The van der Waals surface area contributed by atoms with Gasteiger partial charge in [0.25, 0.3) is 0 Å². The zero-order valence-corrected chi connectivity index (χ0v) is 14.8. The molecule has 0 saturated carbocycles. The lowest BCUT2D eigenvalue weighted by Gasteiger charge is -2.22. The molecule has 0 bridgehead atoms. The van der Waals surface area contributed by atoms with Crippen molar-refractivity contribution >= 4 is 12.2 Å². The van der Waals surface area contributed by atoms with E-state index >= 15 is 0 Å². The zero-order valence-electron chi connectivity index (χ0n) is 14.8. The smallest absolute Gasteiger partial charge is 0.412 e. The lowest BCUT2D eigenvalue weighted by atomic mass is 10.1. The third-order valence-corrected chi connectivity index (χ3v) is 3.62. The highest BCUT2D eigenvalue weighted by Gasteiger charge is 2.27. The first-order chi connectivity index (χ1) is 11.3. The molecule has 24 heavy (non-hydrogen) atoms. The van der Waals surface area contributed by atoms with E-state index in [4.69, 9.17) is 9.47 Å². The number of carbonyl (C=O) groups excluding carboxylic acids is 2. The normalized spacial score (nSPS) is 16.2. The SMILES string of the molecule is CCCNC(=O)Oc1ccc2c(c1)[C@@H](NC(=O)OC(C)(C)C)CC2. The summed E-state index contributed by atoms with van der Waals surface area (Å²) >= 11 is 0. The van der Waals surface area contributed by atoms with E-state index in [0.717, 1.165) is 30.4 Å². The molecular weight excluding hydrogens is 308 g/mol. The summed E-state index contributed by atoms with van der Waals surface area (Å²) in [5.74, 6) is 0.472. The van der Waals surface area contributed by atoms with Crippen LogP contribution in [0.25, 0.3) is 0 Å². The molecule has 0 aromatic heterocycles. The molecule has 2 rings (SSSR count). The van der Waals surface area contributed by atoms with Gasteiger partial charge in [-0.05, 0) is 63.3 Å². The van der Waals surface area contributed by atoms with Gasteiger partial charge in [0.2, 0.25) is 0 Å². The molecule has 2 N–H and O–H groups in total. The van der Waals surface area contributed by atoms with Crippen LogP contribution in [-0.4, -0.2) is 24.3 Å². The van der Waals surface area contributed by atoms with Crippen LogP contribution in [0.5, 0.6) is 5.75 Å². The Labute approximate surface area is 142 Å². The van der Waals surface area contributed by atoms with Gasteiger partial charge < -0.3 is 20.1 Å². The van der Waals surface area contributed by atoms with Gasteiger partial charge in [-0.15, -0.1) is 0 Å². The lowest BCUT2D eigenvalue weighted by Crippen LogP contribution is -2.34. The molecule has 0 radical (unpaired) electrons. The molecule has 0 fully saturated rings. The van der Waals surface area contributed by atoms with Gasteiger partial charge in [-0.25, -0.2) is 9.59 Å². The Morgan fingerprint density at radius 1 is 1.25 bits per heavy atom. The van der Waals surface area contributed by atoms with Crippen LogP contribution in [0.3, 0.4) is 0 Å². The topological polar surface area (TPSA) is 76.7 Å². The van der Waals surface area contributed by atoms with Gasteiger partial charge >= 0.3 is 12.2 Å². The van der Waals surface area contributed by atoms with E-state index in [1.807, 2.05) is 39.8 Å². The fraction of sp³-hybridized carbons (Fsp3) is 0.556. The van der Waals surface area contributed by atoms with Crippen molar-refractivity contribution in [1.82, 2.24) is 10.6 Å². The number of alkyl carbamates (subject to hydrolysis) is 1. The number of hydrogen-bond acceptors (Lipinski definition) is 4. The van der Waals surface area contributed by atoms with E-state index in [2.05, 4.69) is 10.6 Å². The maximum Gasteiger partial charge on any atom is 0.412 e. The Balaban J connectivity index is 2.02. The number of hydrogen-bond donors (Lipinski definition) is 2. The fourth-order valence-electron chi connectivity index (χ4n) is 2.61. The van der Waals surface area contributed by atoms with Crippen molar-refractivity contribution in [3.8, 4) is 5.75 Å². The van der Waals surface area contributed by atoms with Gasteiger partial charge in [-0.3, -0.25) is 0 Å². The molecule has 0 heterocycles. The van der Waals surface area contributed by atoms with Crippen molar-refractivity contribution < 1.29 is 19.1 Å². The Hall–Kier alpha value is -2.24. The van der Waals surface area contributed by atoms with Crippen molar-refractivity contribution in [2.24, 2.45) is 0 Å². The van der Waals surface area contributed by atoms with Crippen LogP contribution in [-0.2, 0) is 11.2 Å². The molecular formula is C18H26N2O4. The average Bonchev–Trinajstić information content (AvgIpc) is 2.85. The van der Waals surface area contributed by atoms with Gasteiger partial charge in [0.15, 0.2) is 0 Å². The first-order valence-electron chi connectivity index (χ1n) is 8.36. The third kappa shape index (κ3) is 5.15. The highest BCUT2D eigenvalue weighted by atomic mass is 16.6. The monoisotopic (exact) mass is 334 g/mol. The summed E-state index contributed by atoms with van der Waals surface area (Å²) in [5, 5.41) is 5.56. The summed E-state index contributed by atoms with van der Waals surface area (Å²) < 4.78 is 10.6. The average molecular weight is 334 g/mol. The van der Waals surface area contributed by atoms with Crippen LogP contribution in [0.1, 0.15) is 57.7 Å². The molecule has 1 aliphatic carbocycles. The molecule has 1 aromatic rings. The maximum absolute atomic E-state index is 12.0. The molecule has 0 unspecified atom stereocenters. The summed E-state index contributed by atoms with van der Waals surface area (Å²) in [4.78, 5) is 23.6. The lowest BCUT2D eigenvalue weighted by molar-refractivity contribution is 0.0503. The van der Waals surface area contributed by atoms with Gasteiger partial charge in [0, 0.05) is 6.54 Å². The maximum atomic E-state index is 12.0. The molecule has 132 valence electrons. The fourth-order valence-corrected chi connectivity index (χ4v) is 2.61. The molecule has 1 aliphatic rings. The number of aryl methyl sites for hydroxylation is 1. The van der Waals surface area contributed by atoms with E-state index in [9.17, 15) is 9.59 Å². The first-order valence-corrected chi connectivity index (χ1v) is 8.36. The van der Waals surface area contributed by atoms with E-state index in [1.54, 1.807) is 6.07 Å². The summed E-state index contributed by atoms with van der Waals surface area (Å²) in [6.07, 6.45) is 1.62. The zero-order chi connectivity index (χ0) is 17.7. The molecule has 6 nitrogen and oxygen atoms in total. The van der Waals surface area contributed by atoms with Crippen molar-refractivity contribution in [3.63, 3.8) is 0 Å². The van der Waals surface area contributed by atoms with Gasteiger partial charge in [0.1, 0.15) is 11.4 Å². The van der Waals surface area contributed by atoms with Crippen LogP contribution >= 0.6 is 0 Å². The second kappa shape index (κ2) is 7.55. The van der Waals surface area contributed by atoms with Crippen molar-refractivity contribution in [1.29, 1.82) is 0 Å². The molecule has 6 heteroatoms. The molecule has 1 atom stereocenters. The highest BCUT2D eigenvalue weighted by molar-refractivity contribution is 5.71. The van der Waals surface area contributed by atoms with Crippen LogP contribution in [0.15, 0.2) is 18.2 Å². The van der Waals surface area contributed by atoms with Gasteiger partial charge in [0.05, 0.1) is 6.04 Å². The van der Waals surface area contributed by atoms with Gasteiger partial charge in [-0.2, -0.15) is 0 Å². The Morgan fingerprint density at radius 3 is 2.67 bits per heavy atom. The minimum Gasteiger partial charge on any atom is -0.444 e. The molecule has 1 aromatic carbocycles. The number of benzene rings is 1. The van der Waals surface area contributed by atoms with Crippen LogP contribution in [0.4, 0.5) is 9.59 Å². The van der Waals surface area contributed by atoms with Crippen molar-refractivity contribution in [3.05, 3.63) is 29.3 Å². The van der Waals surface area contributed by atoms with E-state index in [-0.39, 0.29) is 6.04 Å². The summed E-state index contributed by atoms with van der Waals surface area (Å²) in [6.45, 7) is 8.04. The number of ether oxygens (including phenoxy) is 2. The molecule has 0 spiro atoms. The number of nitrogens with one attached hydrogen (secondary N) is 2. The quantitative estimate of drug-likeness (QED) is 0.880. The van der Waals surface area contributed by atoms with Gasteiger partial charge in [-0.1, -0.05) is 13.0 Å². The minimum absolute atomic E-state index is 0.128. The number of carbonyl (C=O) groups is 2. The summed E-state index contributed by atoms with van der Waals surface area (Å²) in [7, 11) is 0. The van der Waals surface area contributed by atoms with E-state index in [0.29, 0.717) is 12.3 Å². The Kier molecular flexibility index (Phi) is 5.70. The van der Waals surface area contributed by atoms with Crippen molar-refractivity contribution in [2.75, 3.05) is 6.54 Å². The third-order valence-electron chi connectivity index (χ3n) is 3.62. The second-order valence-corrected chi connectivity index (χ2v) is 6.91. The molecule has 0 aliphatic heterocycles. The van der Waals surface area contributed by atoms with E-state index < -0.39 is 17.8 Å². The second-order valence-electron chi connectivity index (χ2n) is 6.91.